The number of amides is 1. The number of rotatable bonds is 8. The molecule has 2 rings (SSSR count). The van der Waals surface area contributed by atoms with E-state index in [1.165, 1.54) is 0 Å². The van der Waals surface area contributed by atoms with E-state index in [1.54, 1.807) is 0 Å². The molecule has 2 heterocycles. The van der Waals surface area contributed by atoms with Gasteiger partial charge in [0.2, 0.25) is 0 Å². The van der Waals surface area contributed by atoms with Gasteiger partial charge in [0, 0.05) is 26.5 Å². The van der Waals surface area contributed by atoms with Crippen molar-refractivity contribution in [3.05, 3.63) is 0 Å². The summed E-state index contributed by atoms with van der Waals surface area (Å²) in [5.74, 6) is -4.28. The van der Waals surface area contributed by atoms with Crippen LogP contribution in [0.25, 0.3) is 0 Å². The fourth-order valence-corrected chi connectivity index (χ4v) is 3.12. The summed E-state index contributed by atoms with van der Waals surface area (Å²) in [4.78, 5) is 59.6. The number of ether oxygens (including phenoxy) is 4. The summed E-state index contributed by atoms with van der Waals surface area (Å²) in [5, 5.41) is 15.9. The zero-order valence-electron chi connectivity index (χ0n) is 17.5. The Hall–Kier alpha value is -3.22. The molecule has 5 atom stereocenters. The second-order valence-corrected chi connectivity index (χ2v) is 6.91. The number of ketones is 1. The number of carbonyl (C=O) groups excluding carboxylic acids is 5. The molecular weight excluding hydrogens is 416 g/mol. The number of hydrogen-bond acceptors (Lipinski definition) is 12. The second-order valence-electron chi connectivity index (χ2n) is 6.91. The molecule has 13 heteroatoms. The average Bonchev–Trinajstić information content (AvgIpc) is 2.98. The Kier molecular flexibility index (Phi) is 7.91. The first-order valence-corrected chi connectivity index (χ1v) is 9.55. The van der Waals surface area contributed by atoms with Gasteiger partial charge in [0.05, 0.1) is 0 Å². The van der Waals surface area contributed by atoms with Gasteiger partial charge in [-0.25, -0.2) is 0 Å². The van der Waals surface area contributed by atoms with E-state index in [1.807, 2.05) is 6.92 Å². The normalized spacial score (nSPS) is 27.7. The van der Waals surface area contributed by atoms with Crippen LogP contribution >= 0.6 is 0 Å². The quantitative estimate of drug-likeness (QED) is 0.238. The van der Waals surface area contributed by atoms with Gasteiger partial charge in [-0.05, 0) is 6.42 Å². The third kappa shape index (κ3) is 5.69. The highest BCUT2D eigenvalue weighted by molar-refractivity contribution is 6.42. The zero-order valence-corrected chi connectivity index (χ0v) is 17.5. The van der Waals surface area contributed by atoms with E-state index in [9.17, 15) is 24.0 Å². The number of Topliss-reactive ketones (excluding diaryl/α,β-unsaturated/α-hetero) is 1. The van der Waals surface area contributed by atoms with Crippen LogP contribution in [0.3, 0.4) is 0 Å². The van der Waals surface area contributed by atoms with E-state index in [0.29, 0.717) is 11.4 Å². The molecule has 0 radical (unpaired) electrons. The Balaban J connectivity index is 2.35. The number of hydrogen-bond donors (Lipinski definition) is 1. The predicted molar refractivity (Wildman–Crippen MR) is 99.5 cm³/mol. The summed E-state index contributed by atoms with van der Waals surface area (Å²) in [5.41, 5.74) is -0.0568. The van der Waals surface area contributed by atoms with Gasteiger partial charge in [0.25, 0.3) is 5.78 Å². The Bertz CT molecular complexity index is 812. The maximum atomic E-state index is 12.7. The minimum absolute atomic E-state index is 0.0568. The zero-order chi connectivity index (χ0) is 23.3. The molecular formula is C18H24N4O9. The molecule has 31 heavy (non-hydrogen) atoms. The second kappa shape index (κ2) is 10.2. The summed E-state index contributed by atoms with van der Waals surface area (Å²) >= 11 is 0. The molecule has 0 aromatic heterocycles. The van der Waals surface area contributed by atoms with Gasteiger partial charge in [0.1, 0.15) is 12.7 Å². The van der Waals surface area contributed by atoms with Gasteiger partial charge in [-0.15, -0.1) is 0 Å². The lowest BCUT2D eigenvalue weighted by molar-refractivity contribution is -0.174. The first-order chi connectivity index (χ1) is 14.6. The predicted octanol–water partition coefficient (Wildman–Crippen LogP) is 0.105. The van der Waals surface area contributed by atoms with Gasteiger partial charge in [0.15, 0.2) is 24.5 Å². The van der Waals surface area contributed by atoms with E-state index in [4.69, 9.17) is 24.4 Å². The number of carbonyl (C=O) groups is 5. The monoisotopic (exact) mass is 440 g/mol. The van der Waals surface area contributed by atoms with Crippen LogP contribution in [0, 0.1) is 5.41 Å². The lowest BCUT2D eigenvalue weighted by Crippen LogP contribution is -2.53. The van der Waals surface area contributed by atoms with Crippen molar-refractivity contribution in [2.24, 2.45) is 10.3 Å². The van der Waals surface area contributed by atoms with Crippen molar-refractivity contribution in [1.82, 2.24) is 5.01 Å². The van der Waals surface area contributed by atoms with E-state index in [0.717, 1.165) is 20.8 Å². The summed E-state index contributed by atoms with van der Waals surface area (Å²) < 4.78 is 20.9. The van der Waals surface area contributed by atoms with Crippen molar-refractivity contribution in [3.8, 4) is 0 Å². The Morgan fingerprint density at radius 3 is 2.23 bits per heavy atom. The minimum Gasteiger partial charge on any atom is -0.463 e. The molecule has 0 spiro atoms. The van der Waals surface area contributed by atoms with Crippen LogP contribution in [0.4, 0.5) is 0 Å². The molecule has 1 N–H and O–H groups in total. The summed E-state index contributed by atoms with van der Waals surface area (Å²) in [6.07, 6.45) is -4.37. The van der Waals surface area contributed by atoms with Gasteiger partial charge < -0.3 is 24.4 Å². The summed E-state index contributed by atoms with van der Waals surface area (Å²) in [7, 11) is 0. The molecule has 0 aliphatic carbocycles. The molecule has 0 bridgehead atoms. The summed E-state index contributed by atoms with van der Waals surface area (Å²) in [6, 6.07) is -1.33. The van der Waals surface area contributed by atoms with Crippen molar-refractivity contribution in [2.45, 2.75) is 71.1 Å². The van der Waals surface area contributed by atoms with Gasteiger partial charge in [-0.2, -0.15) is 10.1 Å². The SMILES string of the molecule is CCCC(=N)C1N=NN(C2OC(COC(C)=O)C(OC(C)=O)C2OC(C)=O)C(=O)C1=O. The highest BCUT2D eigenvalue weighted by Gasteiger charge is 2.55. The van der Waals surface area contributed by atoms with Crippen LogP contribution in [-0.2, 0) is 42.9 Å². The Morgan fingerprint density at radius 1 is 1.06 bits per heavy atom. The molecule has 0 saturated carbocycles. The standard InChI is InChI=1S/C18H24N4O9/c1-5-6-11(19)13-14(26)17(27)22(21-20-13)18-16(30-10(4)25)15(29-9(3)24)12(31-18)7-28-8(2)23/h12-13,15-16,18-19H,5-7H2,1-4H3. The Morgan fingerprint density at radius 2 is 1.68 bits per heavy atom. The average molecular weight is 440 g/mol. The molecule has 170 valence electrons. The van der Waals surface area contributed by atoms with Crippen LogP contribution in [-0.4, -0.2) is 77.5 Å². The number of nitrogens with one attached hydrogen (secondary N) is 1. The molecule has 5 unspecified atom stereocenters. The molecule has 1 amide bonds. The fraction of sp³-hybridized carbons (Fsp3) is 0.667. The van der Waals surface area contributed by atoms with E-state index < -0.39 is 60.2 Å². The van der Waals surface area contributed by atoms with Gasteiger partial charge in [-0.3, -0.25) is 24.0 Å². The number of nitrogens with zero attached hydrogens (tertiary/aromatic N) is 3. The van der Waals surface area contributed by atoms with Crippen molar-refractivity contribution < 1.29 is 42.9 Å². The Labute approximate surface area is 177 Å². The molecule has 2 aliphatic rings. The molecule has 0 aromatic carbocycles. The number of esters is 3. The first-order valence-electron chi connectivity index (χ1n) is 9.55. The lowest BCUT2D eigenvalue weighted by atomic mass is 10.0. The van der Waals surface area contributed by atoms with Crippen LogP contribution in [0.15, 0.2) is 10.3 Å². The van der Waals surface area contributed by atoms with Crippen molar-refractivity contribution in [3.63, 3.8) is 0 Å². The maximum Gasteiger partial charge on any atom is 0.316 e. The third-order valence-corrected chi connectivity index (χ3v) is 4.36. The smallest absolute Gasteiger partial charge is 0.316 e. The van der Waals surface area contributed by atoms with E-state index in [-0.39, 0.29) is 18.7 Å². The fourth-order valence-electron chi connectivity index (χ4n) is 3.12. The van der Waals surface area contributed by atoms with Gasteiger partial charge in [-0.1, -0.05) is 18.6 Å². The minimum atomic E-state index is -1.48. The van der Waals surface area contributed by atoms with Crippen molar-refractivity contribution in [2.75, 3.05) is 6.61 Å². The van der Waals surface area contributed by atoms with Crippen LogP contribution in [0.1, 0.15) is 40.5 Å². The summed E-state index contributed by atoms with van der Waals surface area (Å²) in [6.45, 7) is 4.79. The molecule has 1 saturated heterocycles. The van der Waals surface area contributed by atoms with Crippen molar-refractivity contribution in [1.29, 1.82) is 5.41 Å². The molecule has 1 fully saturated rings. The third-order valence-electron chi connectivity index (χ3n) is 4.36. The first kappa shape index (κ1) is 24.1. The maximum absolute atomic E-state index is 12.7. The molecule has 13 nitrogen and oxygen atoms in total. The molecule has 0 aromatic rings. The highest BCUT2D eigenvalue weighted by atomic mass is 16.7. The van der Waals surface area contributed by atoms with Crippen LogP contribution in [0.2, 0.25) is 0 Å². The molecule has 2 aliphatic heterocycles. The highest BCUT2D eigenvalue weighted by Crippen LogP contribution is 2.31. The van der Waals surface area contributed by atoms with Crippen LogP contribution < -0.4 is 0 Å². The van der Waals surface area contributed by atoms with E-state index in [2.05, 4.69) is 10.3 Å². The van der Waals surface area contributed by atoms with Gasteiger partial charge >= 0.3 is 23.8 Å². The van der Waals surface area contributed by atoms with Crippen LogP contribution in [0.5, 0.6) is 0 Å². The lowest BCUT2D eigenvalue weighted by Gasteiger charge is -2.29. The largest absolute Gasteiger partial charge is 0.463 e. The van der Waals surface area contributed by atoms with E-state index >= 15 is 0 Å². The van der Waals surface area contributed by atoms with Crippen molar-refractivity contribution >= 4 is 35.3 Å². The topological polar surface area (TPSA) is 174 Å².